The van der Waals surface area contributed by atoms with Crippen LogP contribution in [0.2, 0.25) is 0 Å². The normalized spacial score (nSPS) is 12.7. The van der Waals surface area contributed by atoms with Gasteiger partial charge in [0.15, 0.2) is 11.6 Å². The van der Waals surface area contributed by atoms with Crippen LogP contribution in [-0.4, -0.2) is 18.1 Å². The third-order valence-electron chi connectivity index (χ3n) is 5.01. The van der Waals surface area contributed by atoms with Crippen LogP contribution in [0.1, 0.15) is 13.3 Å². The Bertz CT molecular complexity index is 1220. The van der Waals surface area contributed by atoms with Crippen molar-refractivity contribution >= 4 is 17.3 Å². The number of nitrogens with zero attached hydrogens (tertiary/aromatic N) is 2. The largest absolute Gasteiger partial charge is 0.508 e. The van der Waals surface area contributed by atoms with Crippen molar-refractivity contribution in [2.75, 3.05) is 11.9 Å². The first-order chi connectivity index (χ1) is 14.9. The number of hydrogen-bond donors (Lipinski definition) is 1. The SMILES string of the molecule is CCC1=CN=C1Oc1ccc(F)c(N(C)c2cc(O)cc(-c3cccc(F)c3)c2)c1F. The molecule has 4 rings (SSSR count). The molecule has 0 unspecified atom stereocenters. The Kier molecular flexibility index (Phi) is 5.42. The maximum absolute atomic E-state index is 15.2. The predicted molar refractivity (Wildman–Crippen MR) is 114 cm³/mol. The average molecular weight is 424 g/mol. The van der Waals surface area contributed by atoms with Crippen LogP contribution < -0.4 is 9.64 Å². The number of benzene rings is 3. The minimum absolute atomic E-state index is 0.126. The van der Waals surface area contributed by atoms with E-state index in [2.05, 4.69) is 4.99 Å². The molecule has 3 aromatic rings. The van der Waals surface area contributed by atoms with Crippen LogP contribution in [0, 0.1) is 17.5 Å². The molecule has 0 radical (unpaired) electrons. The van der Waals surface area contributed by atoms with Gasteiger partial charge >= 0.3 is 0 Å². The van der Waals surface area contributed by atoms with Crippen molar-refractivity contribution in [3.63, 3.8) is 0 Å². The molecule has 3 aromatic carbocycles. The Balaban J connectivity index is 1.71. The van der Waals surface area contributed by atoms with Gasteiger partial charge < -0.3 is 14.7 Å². The summed E-state index contributed by atoms with van der Waals surface area (Å²) in [5.41, 5.74) is 1.81. The van der Waals surface area contributed by atoms with Crippen molar-refractivity contribution in [2.45, 2.75) is 13.3 Å². The van der Waals surface area contributed by atoms with Gasteiger partial charge in [0.05, 0.1) is 0 Å². The summed E-state index contributed by atoms with van der Waals surface area (Å²) in [5, 5.41) is 10.2. The lowest BCUT2D eigenvalue weighted by Gasteiger charge is -2.23. The fourth-order valence-electron chi connectivity index (χ4n) is 3.31. The highest BCUT2D eigenvalue weighted by atomic mass is 19.1. The van der Waals surface area contributed by atoms with Crippen LogP contribution in [0.25, 0.3) is 11.1 Å². The van der Waals surface area contributed by atoms with Crippen LogP contribution >= 0.6 is 0 Å². The first-order valence-corrected chi connectivity index (χ1v) is 9.64. The molecule has 0 fully saturated rings. The van der Waals surface area contributed by atoms with E-state index < -0.39 is 17.5 Å². The zero-order valence-electron chi connectivity index (χ0n) is 16.9. The number of anilines is 2. The third-order valence-corrected chi connectivity index (χ3v) is 5.01. The van der Waals surface area contributed by atoms with E-state index in [0.29, 0.717) is 29.1 Å². The number of halogens is 3. The van der Waals surface area contributed by atoms with Gasteiger partial charge in [0.1, 0.15) is 23.1 Å². The minimum atomic E-state index is -0.900. The molecule has 0 spiro atoms. The molecule has 0 saturated heterocycles. The highest BCUT2D eigenvalue weighted by molar-refractivity contribution is 5.99. The van der Waals surface area contributed by atoms with Gasteiger partial charge in [0.25, 0.3) is 0 Å². The van der Waals surface area contributed by atoms with Crippen LogP contribution in [0.3, 0.4) is 0 Å². The molecule has 1 aliphatic heterocycles. The zero-order chi connectivity index (χ0) is 22.1. The third kappa shape index (κ3) is 3.99. The quantitative estimate of drug-likeness (QED) is 0.521. The van der Waals surface area contributed by atoms with Crippen molar-refractivity contribution in [1.29, 1.82) is 0 Å². The van der Waals surface area contributed by atoms with E-state index in [1.807, 2.05) is 6.92 Å². The lowest BCUT2D eigenvalue weighted by molar-refractivity contribution is 0.475. The molecular formula is C24H19F3N2O2. The Morgan fingerprint density at radius 1 is 1.00 bits per heavy atom. The fraction of sp³-hybridized carbons (Fsp3) is 0.125. The van der Waals surface area contributed by atoms with Crippen molar-refractivity contribution in [3.05, 3.63) is 83.8 Å². The molecule has 0 aromatic heterocycles. The Hall–Kier alpha value is -3.74. The number of rotatable bonds is 5. The maximum Gasteiger partial charge on any atom is 0.224 e. The lowest BCUT2D eigenvalue weighted by atomic mass is 10.0. The standard InChI is InChI=1S/C24H19F3N2O2/c1-3-14-13-28-24(14)31-21-8-7-20(26)23(22(21)27)29(2)18-10-16(11-19(30)12-18)15-5-4-6-17(25)9-15/h4-13,30H,3H2,1-2H3. The molecule has 4 nitrogen and oxygen atoms in total. The molecule has 0 bridgehead atoms. The zero-order valence-corrected chi connectivity index (χ0v) is 16.9. The second-order valence-corrected chi connectivity index (χ2v) is 7.06. The number of ether oxygens (including phenoxy) is 1. The van der Waals surface area contributed by atoms with Gasteiger partial charge in [-0.25, -0.2) is 18.2 Å². The summed E-state index contributed by atoms with van der Waals surface area (Å²) >= 11 is 0. The summed E-state index contributed by atoms with van der Waals surface area (Å²) < 4.78 is 49.0. The van der Waals surface area contributed by atoms with Crippen LogP contribution in [0.15, 0.2) is 71.4 Å². The Morgan fingerprint density at radius 2 is 1.81 bits per heavy atom. The van der Waals surface area contributed by atoms with Gasteiger partial charge in [-0.2, -0.15) is 0 Å². The fourth-order valence-corrected chi connectivity index (χ4v) is 3.31. The number of phenols is 1. The molecule has 0 saturated carbocycles. The number of phenolic OH excluding ortho intramolecular Hbond substituents is 1. The van der Waals surface area contributed by atoms with Crippen LogP contribution in [-0.2, 0) is 0 Å². The number of aliphatic imine (C=N–C) groups is 1. The molecule has 31 heavy (non-hydrogen) atoms. The number of hydrogen-bond acceptors (Lipinski definition) is 4. The van der Waals surface area contributed by atoms with E-state index in [-0.39, 0.29) is 17.2 Å². The van der Waals surface area contributed by atoms with Crippen molar-refractivity contribution in [2.24, 2.45) is 4.99 Å². The topological polar surface area (TPSA) is 45.1 Å². The summed E-state index contributed by atoms with van der Waals surface area (Å²) in [5.74, 6) is -2.12. The first kappa shape index (κ1) is 20.5. The van der Waals surface area contributed by atoms with Crippen molar-refractivity contribution in [3.8, 4) is 22.6 Å². The molecule has 1 aliphatic rings. The lowest BCUT2D eigenvalue weighted by Crippen LogP contribution is -2.19. The van der Waals surface area contributed by atoms with E-state index in [1.165, 1.54) is 42.3 Å². The van der Waals surface area contributed by atoms with Crippen LogP contribution in [0.5, 0.6) is 11.5 Å². The number of aromatic hydroxyl groups is 1. The van der Waals surface area contributed by atoms with Gasteiger partial charge in [-0.15, -0.1) is 0 Å². The summed E-state index contributed by atoms with van der Waals surface area (Å²) in [7, 11) is 1.47. The van der Waals surface area contributed by atoms with E-state index >= 15 is 4.39 Å². The first-order valence-electron chi connectivity index (χ1n) is 9.64. The van der Waals surface area contributed by atoms with Crippen molar-refractivity contribution in [1.82, 2.24) is 0 Å². The summed E-state index contributed by atoms with van der Waals surface area (Å²) in [4.78, 5) is 5.23. The van der Waals surface area contributed by atoms with Gasteiger partial charge in [-0.05, 0) is 53.9 Å². The second-order valence-electron chi connectivity index (χ2n) is 7.06. The highest BCUT2D eigenvalue weighted by Gasteiger charge is 2.23. The van der Waals surface area contributed by atoms with E-state index in [1.54, 1.807) is 24.4 Å². The van der Waals surface area contributed by atoms with E-state index in [4.69, 9.17) is 4.74 Å². The molecule has 158 valence electrons. The minimum Gasteiger partial charge on any atom is -0.508 e. The molecule has 0 atom stereocenters. The summed E-state index contributed by atoms with van der Waals surface area (Å²) in [6.45, 7) is 1.92. The smallest absolute Gasteiger partial charge is 0.224 e. The van der Waals surface area contributed by atoms with Crippen LogP contribution in [0.4, 0.5) is 24.5 Å². The van der Waals surface area contributed by atoms with E-state index in [9.17, 15) is 13.9 Å². The molecular weight excluding hydrogens is 405 g/mol. The Labute approximate surface area is 177 Å². The summed E-state index contributed by atoms with van der Waals surface area (Å²) in [6, 6.07) is 12.6. The van der Waals surface area contributed by atoms with Gasteiger partial charge in [-0.3, -0.25) is 0 Å². The average Bonchev–Trinajstić information content (AvgIpc) is 2.72. The second kappa shape index (κ2) is 8.18. The molecule has 0 amide bonds. The monoisotopic (exact) mass is 424 g/mol. The predicted octanol–water partition coefficient (Wildman–Crippen LogP) is 6.33. The summed E-state index contributed by atoms with van der Waals surface area (Å²) in [6.07, 6.45) is 2.31. The molecule has 1 N–H and O–H groups in total. The molecule has 1 heterocycles. The van der Waals surface area contributed by atoms with Gasteiger partial charge in [0, 0.05) is 30.6 Å². The molecule has 0 aliphatic carbocycles. The molecule has 7 heteroatoms. The van der Waals surface area contributed by atoms with Gasteiger partial charge in [-0.1, -0.05) is 19.1 Å². The van der Waals surface area contributed by atoms with Crippen molar-refractivity contribution < 1.29 is 23.0 Å². The highest BCUT2D eigenvalue weighted by Crippen LogP contribution is 2.38. The Morgan fingerprint density at radius 3 is 2.48 bits per heavy atom. The van der Waals surface area contributed by atoms with Gasteiger partial charge in [0.2, 0.25) is 5.90 Å². The van der Waals surface area contributed by atoms with E-state index in [0.717, 1.165) is 11.6 Å². The maximum atomic E-state index is 15.2.